The van der Waals surface area contributed by atoms with Crippen molar-refractivity contribution in [1.82, 2.24) is 10.2 Å². The number of amides is 2. The summed E-state index contributed by atoms with van der Waals surface area (Å²) in [6, 6.07) is 15.5. The second kappa shape index (κ2) is 15.5. The summed E-state index contributed by atoms with van der Waals surface area (Å²) >= 11 is 0. The maximum atomic E-state index is 14.4. The average molecular weight is 642 g/mol. The summed E-state index contributed by atoms with van der Waals surface area (Å²) in [6.07, 6.45) is 0. The molecular formula is C33H43N3O8S. The molecule has 3 rings (SSSR count). The van der Waals surface area contributed by atoms with Crippen LogP contribution in [0.3, 0.4) is 0 Å². The molecule has 0 aromatic heterocycles. The molecule has 0 radical (unpaired) electrons. The first-order valence-corrected chi connectivity index (χ1v) is 15.9. The van der Waals surface area contributed by atoms with Crippen LogP contribution in [0.2, 0.25) is 0 Å². The van der Waals surface area contributed by atoms with Crippen LogP contribution in [0.15, 0.2) is 65.6 Å². The fourth-order valence-corrected chi connectivity index (χ4v) is 5.97. The second-order valence-electron chi connectivity index (χ2n) is 10.9. The predicted octanol–water partition coefficient (Wildman–Crippen LogP) is 4.41. The number of ether oxygens (including phenoxy) is 4. The maximum Gasteiger partial charge on any atom is 0.265 e. The Morgan fingerprint density at radius 2 is 1.42 bits per heavy atom. The second-order valence-corrected chi connectivity index (χ2v) is 12.8. The first kappa shape index (κ1) is 35.0. The molecule has 0 unspecified atom stereocenters. The van der Waals surface area contributed by atoms with Crippen LogP contribution in [0.5, 0.6) is 23.0 Å². The summed E-state index contributed by atoms with van der Waals surface area (Å²) in [7, 11) is 1.26. The average Bonchev–Trinajstić information content (AvgIpc) is 3.04. The molecule has 0 saturated carbocycles. The van der Waals surface area contributed by atoms with E-state index in [1.807, 2.05) is 45.0 Å². The predicted molar refractivity (Wildman–Crippen MR) is 173 cm³/mol. The van der Waals surface area contributed by atoms with Crippen LogP contribution >= 0.6 is 0 Å². The molecule has 0 fully saturated rings. The Morgan fingerprint density at radius 1 is 0.800 bits per heavy atom. The number of benzene rings is 3. The van der Waals surface area contributed by atoms with Crippen LogP contribution in [0, 0.1) is 12.8 Å². The van der Waals surface area contributed by atoms with Crippen LogP contribution in [-0.4, -0.2) is 72.7 Å². The number of hydrogen-bond acceptors (Lipinski definition) is 8. The number of carbonyl (C=O) groups excluding carboxylic acids is 2. The van der Waals surface area contributed by atoms with E-state index < -0.39 is 28.5 Å². The molecule has 11 nitrogen and oxygen atoms in total. The van der Waals surface area contributed by atoms with Gasteiger partial charge in [0.2, 0.25) is 11.8 Å². The van der Waals surface area contributed by atoms with Gasteiger partial charge in [-0.15, -0.1) is 0 Å². The highest BCUT2D eigenvalue weighted by Gasteiger charge is 2.34. The molecule has 1 N–H and O–H groups in total. The number of methoxy groups -OCH3 is 4. The number of nitrogens with zero attached hydrogens (tertiary/aromatic N) is 2. The number of anilines is 1. The summed E-state index contributed by atoms with van der Waals surface area (Å²) in [4.78, 5) is 28.7. The minimum Gasteiger partial charge on any atom is -0.497 e. The fourth-order valence-electron chi connectivity index (χ4n) is 4.53. The van der Waals surface area contributed by atoms with Crippen LogP contribution in [0.4, 0.5) is 5.69 Å². The van der Waals surface area contributed by atoms with Gasteiger partial charge in [0.05, 0.1) is 39.0 Å². The molecule has 1 atom stereocenters. The molecule has 0 bridgehead atoms. The lowest BCUT2D eigenvalue weighted by Crippen LogP contribution is -2.51. The van der Waals surface area contributed by atoms with Gasteiger partial charge in [-0.2, -0.15) is 0 Å². The zero-order chi connectivity index (χ0) is 33.3. The largest absolute Gasteiger partial charge is 0.497 e. The van der Waals surface area contributed by atoms with Crippen molar-refractivity contribution in [3.63, 3.8) is 0 Å². The maximum absolute atomic E-state index is 14.4. The van der Waals surface area contributed by atoms with Crippen molar-refractivity contribution < 1.29 is 37.0 Å². The van der Waals surface area contributed by atoms with E-state index in [2.05, 4.69) is 5.32 Å². The molecule has 2 amide bonds. The van der Waals surface area contributed by atoms with Gasteiger partial charge in [-0.05, 0) is 49.6 Å². The Kier molecular flexibility index (Phi) is 12.1. The van der Waals surface area contributed by atoms with E-state index in [0.717, 1.165) is 15.4 Å². The molecule has 45 heavy (non-hydrogen) atoms. The highest BCUT2D eigenvalue weighted by atomic mass is 32.2. The Morgan fingerprint density at radius 3 is 2.00 bits per heavy atom. The molecule has 244 valence electrons. The van der Waals surface area contributed by atoms with Crippen molar-refractivity contribution in [2.24, 2.45) is 5.92 Å². The highest BCUT2D eigenvalue weighted by Crippen LogP contribution is 2.37. The van der Waals surface area contributed by atoms with E-state index in [4.69, 9.17) is 18.9 Å². The first-order chi connectivity index (χ1) is 21.4. The zero-order valence-electron chi connectivity index (χ0n) is 27.1. The van der Waals surface area contributed by atoms with Gasteiger partial charge in [-0.3, -0.25) is 13.9 Å². The summed E-state index contributed by atoms with van der Waals surface area (Å²) in [6.45, 7) is 7.38. The molecule has 0 spiro atoms. The van der Waals surface area contributed by atoms with Crippen molar-refractivity contribution in [2.75, 3.05) is 45.8 Å². The molecule has 0 aliphatic carbocycles. The van der Waals surface area contributed by atoms with Crippen LogP contribution in [0.25, 0.3) is 0 Å². The van der Waals surface area contributed by atoms with E-state index in [-0.39, 0.29) is 40.5 Å². The molecule has 0 heterocycles. The third-order valence-electron chi connectivity index (χ3n) is 7.20. The van der Waals surface area contributed by atoms with Crippen molar-refractivity contribution in [2.45, 2.75) is 45.2 Å². The quantitative estimate of drug-likeness (QED) is 0.259. The van der Waals surface area contributed by atoms with Gasteiger partial charge in [-0.25, -0.2) is 8.42 Å². The lowest BCUT2D eigenvalue weighted by Gasteiger charge is -2.32. The summed E-state index contributed by atoms with van der Waals surface area (Å²) in [5, 5.41) is 2.88. The molecule has 12 heteroatoms. The molecule has 3 aromatic rings. The standard InChI is InChI=1S/C33H43N3O8S/c1-22(2)19-34-33(38)24(4)35(20-25-11-9-23(3)10-12-25)32(37)21-36(28-17-26(41-5)13-15-29(28)42-6)45(39,40)27-14-16-30(43-7)31(18-27)44-8/h9-18,22,24H,19-21H2,1-8H3,(H,34,38)/t24-/m0/s1. The smallest absolute Gasteiger partial charge is 0.265 e. The van der Waals surface area contributed by atoms with Crippen LogP contribution in [0.1, 0.15) is 31.9 Å². The SMILES string of the molecule is COc1ccc(OC)c(N(CC(=O)N(Cc2ccc(C)cc2)[C@@H](C)C(=O)NCC(C)C)S(=O)(=O)c2ccc(OC)c(OC)c2)c1. The molecule has 3 aromatic carbocycles. The minimum atomic E-state index is -4.43. The number of hydrogen-bond donors (Lipinski definition) is 1. The van der Waals surface area contributed by atoms with Gasteiger partial charge in [-0.1, -0.05) is 43.7 Å². The topological polar surface area (TPSA) is 124 Å². The monoisotopic (exact) mass is 641 g/mol. The van der Waals surface area contributed by atoms with Crippen molar-refractivity contribution in [1.29, 1.82) is 0 Å². The highest BCUT2D eigenvalue weighted by molar-refractivity contribution is 7.92. The van der Waals surface area contributed by atoms with E-state index in [0.29, 0.717) is 18.0 Å². The van der Waals surface area contributed by atoms with E-state index in [1.54, 1.807) is 19.1 Å². The Labute approximate surface area is 266 Å². The normalized spacial score (nSPS) is 11.8. The summed E-state index contributed by atoms with van der Waals surface area (Å²) in [5.74, 6) is 0.325. The Balaban J connectivity index is 2.15. The first-order valence-electron chi connectivity index (χ1n) is 14.5. The third kappa shape index (κ3) is 8.59. The van der Waals surface area contributed by atoms with Gasteiger partial charge >= 0.3 is 0 Å². The van der Waals surface area contributed by atoms with E-state index in [1.165, 1.54) is 57.6 Å². The Bertz CT molecular complexity index is 1580. The van der Waals surface area contributed by atoms with E-state index in [9.17, 15) is 18.0 Å². The van der Waals surface area contributed by atoms with Gasteiger partial charge in [0.15, 0.2) is 11.5 Å². The molecular weight excluding hydrogens is 598 g/mol. The molecule has 0 aliphatic heterocycles. The Hall–Kier alpha value is -4.45. The van der Waals surface area contributed by atoms with Crippen molar-refractivity contribution >= 4 is 27.5 Å². The van der Waals surface area contributed by atoms with Gasteiger partial charge < -0.3 is 29.2 Å². The number of aryl methyl sites for hydroxylation is 1. The fraction of sp³-hybridized carbons (Fsp3) is 0.394. The number of rotatable bonds is 15. The van der Waals surface area contributed by atoms with Crippen molar-refractivity contribution in [3.05, 3.63) is 71.8 Å². The van der Waals surface area contributed by atoms with Gasteiger partial charge in [0, 0.05) is 25.2 Å². The lowest BCUT2D eigenvalue weighted by molar-refractivity contribution is -0.139. The molecule has 0 saturated heterocycles. The van der Waals surface area contributed by atoms with Crippen LogP contribution < -0.4 is 28.6 Å². The number of sulfonamides is 1. The zero-order valence-corrected chi connectivity index (χ0v) is 27.9. The summed E-state index contributed by atoms with van der Waals surface area (Å²) in [5.41, 5.74) is 1.90. The third-order valence-corrected chi connectivity index (χ3v) is 8.96. The van der Waals surface area contributed by atoms with Crippen LogP contribution in [-0.2, 0) is 26.2 Å². The number of carbonyl (C=O) groups is 2. The summed E-state index contributed by atoms with van der Waals surface area (Å²) < 4.78 is 51.3. The lowest BCUT2D eigenvalue weighted by atomic mass is 10.1. The molecule has 0 aliphatic rings. The van der Waals surface area contributed by atoms with Gasteiger partial charge in [0.25, 0.3) is 10.0 Å². The number of nitrogens with one attached hydrogen (secondary N) is 1. The van der Waals surface area contributed by atoms with Gasteiger partial charge in [0.1, 0.15) is 24.1 Å². The van der Waals surface area contributed by atoms with Crippen molar-refractivity contribution in [3.8, 4) is 23.0 Å². The van der Waals surface area contributed by atoms with E-state index >= 15 is 0 Å². The minimum absolute atomic E-state index is 0.0761.